The maximum absolute atomic E-state index is 4.50. The van der Waals surface area contributed by atoms with E-state index in [4.69, 9.17) is 0 Å². The molecular weight excluding hydrogens is 278 g/mol. The number of hydrogen-bond acceptors (Lipinski definition) is 4. The van der Waals surface area contributed by atoms with Gasteiger partial charge in [0.15, 0.2) is 5.16 Å². The molecule has 1 heterocycles. The molecule has 2 aromatic rings. The van der Waals surface area contributed by atoms with Gasteiger partial charge >= 0.3 is 0 Å². The molecule has 1 aliphatic carbocycles. The highest BCUT2D eigenvalue weighted by Gasteiger charge is 2.19. The van der Waals surface area contributed by atoms with Crippen LogP contribution in [0, 0.1) is 20.8 Å². The Balaban J connectivity index is 1.72. The lowest BCUT2D eigenvalue weighted by Gasteiger charge is -2.09. The second-order valence-electron chi connectivity index (χ2n) is 5.79. The van der Waals surface area contributed by atoms with E-state index >= 15 is 0 Å². The minimum Gasteiger partial charge on any atom is -0.310 e. The molecule has 0 amide bonds. The maximum atomic E-state index is 4.50. The Morgan fingerprint density at radius 1 is 1.10 bits per heavy atom. The van der Waals surface area contributed by atoms with Crippen molar-refractivity contribution < 1.29 is 0 Å². The second-order valence-corrected chi connectivity index (χ2v) is 6.80. The molecule has 0 atom stereocenters. The van der Waals surface area contributed by atoms with Crippen molar-refractivity contribution in [1.29, 1.82) is 0 Å². The number of aromatic nitrogens is 2. The van der Waals surface area contributed by atoms with Gasteiger partial charge in [-0.3, -0.25) is 0 Å². The van der Waals surface area contributed by atoms with E-state index in [1.807, 2.05) is 19.9 Å². The van der Waals surface area contributed by atoms with Crippen molar-refractivity contribution in [2.45, 2.75) is 56.3 Å². The van der Waals surface area contributed by atoms with Gasteiger partial charge in [-0.05, 0) is 68.6 Å². The molecule has 110 valence electrons. The van der Waals surface area contributed by atoms with Crippen LogP contribution in [-0.4, -0.2) is 16.0 Å². The zero-order valence-corrected chi connectivity index (χ0v) is 13.6. The van der Waals surface area contributed by atoms with Crippen molar-refractivity contribution in [3.8, 4) is 0 Å². The molecule has 0 spiro atoms. The SMILES string of the molecule is Cc1cc(C)nc(Sc2ccc(CNC3CC3)cc2C)n1. The van der Waals surface area contributed by atoms with Crippen LogP contribution in [0.15, 0.2) is 34.3 Å². The summed E-state index contributed by atoms with van der Waals surface area (Å²) in [4.78, 5) is 10.2. The maximum Gasteiger partial charge on any atom is 0.192 e. The van der Waals surface area contributed by atoms with Gasteiger partial charge < -0.3 is 5.32 Å². The fourth-order valence-corrected chi connectivity index (χ4v) is 3.26. The number of hydrogen-bond donors (Lipinski definition) is 1. The third-order valence-corrected chi connectivity index (χ3v) is 4.62. The van der Waals surface area contributed by atoms with Crippen LogP contribution in [0.1, 0.15) is 35.4 Å². The van der Waals surface area contributed by atoms with Crippen LogP contribution in [0.5, 0.6) is 0 Å². The van der Waals surface area contributed by atoms with Crippen molar-refractivity contribution in [2.24, 2.45) is 0 Å². The molecule has 0 unspecified atom stereocenters. The molecule has 0 saturated heterocycles. The van der Waals surface area contributed by atoms with Gasteiger partial charge in [-0.25, -0.2) is 9.97 Å². The Morgan fingerprint density at radius 2 is 1.81 bits per heavy atom. The van der Waals surface area contributed by atoms with Gasteiger partial charge in [0.25, 0.3) is 0 Å². The van der Waals surface area contributed by atoms with Gasteiger partial charge in [0.2, 0.25) is 0 Å². The summed E-state index contributed by atoms with van der Waals surface area (Å²) < 4.78 is 0. The first kappa shape index (κ1) is 14.5. The highest BCUT2D eigenvalue weighted by atomic mass is 32.2. The molecule has 21 heavy (non-hydrogen) atoms. The smallest absolute Gasteiger partial charge is 0.192 e. The summed E-state index contributed by atoms with van der Waals surface area (Å²) >= 11 is 1.65. The van der Waals surface area contributed by atoms with E-state index in [9.17, 15) is 0 Å². The minimum absolute atomic E-state index is 0.753. The largest absolute Gasteiger partial charge is 0.310 e. The molecule has 0 bridgehead atoms. The van der Waals surface area contributed by atoms with Crippen LogP contribution in [0.2, 0.25) is 0 Å². The van der Waals surface area contributed by atoms with Crippen molar-refractivity contribution in [2.75, 3.05) is 0 Å². The van der Waals surface area contributed by atoms with Crippen molar-refractivity contribution >= 4 is 11.8 Å². The number of nitrogens with one attached hydrogen (secondary N) is 1. The summed E-state index contributed by atoms with van der Waals surface area (Å²) in [5, 5.41) is 4.39. The lowest BCUT2D eigenvalue weighted by Crippen LogP contribution is -2.15. The van der Waals surface area contributed by atoms with Crippen LogP contribution in [0.4, 0.5) is 0 Å². The van der Waals surface area contributed by atoms with E-state index in [0.717, 1.165) is 29.1 Å². The Morgan fingerprint density at radius 3 is 2.43 bits per heavy atom. The lowest BCUT2D eigenvalue weighted by atomic mass is 10.1. The second kappa shape index (κ2) is 6.16. The third-order valence-electron chi connectivity index (χ3n) is 3.57. The first-order chi connectivity index (χ1) is 10.1. The first-order valence-corrected chi connectivity index (χ1v) is 8.25. The average molecular weight is 299 g/mol. The molecule has 0 radical (unpaired) electrons. The standard InChI is InChI=1S/C17H21N3S/c1-11-8-14(10-18-15-5-6-15)4-7-16(11)21-17-19-12(2)9-13(3)20-17/h4,7-9,15,18H,5-6,10H2,1-3H3. The van der Waals surface area contributed by atoms with Crippen molar-refractivity contribution in [1.82, 2.24) is 15.3 Å². The number of rotatable bonds is 5. The van der Waals surface area contributed by atoms with E-state index in [1.165, 1.54) is 28.9 Å². The number of benzene rings is 1. The molecule has 1 aromatic carbocycles. The molecule has 1 aromatic heterocycles. The summed E-state index contributed by atoms with van der Waals surface area (Å²) in [6.07, 6.45) is 2.66. The topological polar surface area (TPSA) is 37.8 Å². The van der Waals surface area contributed by atoms with E-state index in [-0.39, 0.29) is 0 Å². The van der Waals surface area contributed by atoms with Crippen LogP contribution >= 0.6 is 11.8 Å². The monoisotopic (exact) mass is 299 g/mol. The molecular formula is C17H21N3S. The normalized spacial score (nSPS) is 14.4. The highest BCUT2D eigenvalue weighted by Crippen LogP contribution is 2.29. The van der Waals surface area contributed by atoms with Gasteiger partial charge in [-0.15, -0.1) is 0 Å². The van der Waals surface area contributed by atoms with Gasteiger partial charge in [0.1, 0.15) is 0 Å². The molecule has 1 fully saturated rings. The highest BCUT2D eigenvalue weighted by molar-refractivity contribution is 7.99. The summed E-state index contributed by atoms with van der Waals surface area (Å²) in [5.41, 5.74) is 4.68. The Labute approximate surface area is 130 Å². The van der Waals surface area contributed by atoms with Crippen molar-refractivity contribution in [3.63, 3.8) is 0 Å². The summed E-state index contributed by atoms with van der Waals surface area (Å²) in [6.45, 7) is 7.15. The zero-order valence-electron chi connectivity index (χ0n) is 12.8. The molecule has 0 aliphatic heterocycles. The van der Waals surface area contributed by atoms with Gasteiger partial charge in [0, 0.05) is 28.9 Å². The summed E-state index contributed by atoms with van der Waals surface area (Å²) in [6, 6.07) is 9.41. The quantitative estimate of drug-likeness (QED) is 0.852. The molecule has 3 rings (SSSR count). The fraction of sp³-hybridized carbons (Fsp3) is 0.412. The minimum atomic E-state index is 0.753. The summed E-state index contributed by atoms with van der Waals surface area (Å²) in [5.74, 6) is 0. The molecule has 4 heteroatoms. The van der Waals surface area contributed by atoms with E-state index < -0.39 is 0 Å². The lowest BCUT2D eigenvalue weighted by molar-refractivity contribution is 0.687. The van der Waals surface area contributed by atoms with Gasteiger partial charge in [-0.1, -0.05) is 12.1 Å². The molecule has 1 N–H and O–H groups in total. The predicted octanol–water partition coefficient (Wildman–Crippen LogP) is 3.81. The first-order valence-electron chi connectivity index (χ1n) is 7.43. The zero-order chi connectivity index (χ0) is 14.8. The predicted molar refractivity (Wildman–Crippen MR) is 86.7 cm³/mol. The van der Waals surface area contributed by atoms with E-state index in [2.05, 4.69) is 40.4 Å². The van der Waals surface area contributed by atoms with Crippen LogP contribution in [-0.2, 0) is 6.54 Å². The fourth-order valence-electron chi connectivity index (χ4n) is 2.32. The van der Waals surface area contributed by atoms with Gasteiger partial charge in [-0.2, -0.15) is 0 Å². The molecule has 1 saturated carbocycles. The average Bonchev–Trinajstić information content (AvgIpc) is 3.22. The third kappa shape index (κ3) is 4.05. The van der Waals surface area contributed by atoms with Gasteiger partial charge in [0.05, 0.1) is 0 Å². The van der Waals surface area contributed by atoms with Crippen molar-refractivity contribution in [3.05, 3.63) is 46.8 Å². The van der Waals surface area contributed by atoms with Crippen LogP contribution in [0.25, 0.3) is 0 Å². The van der Waals surface area contributed by atoms with Crippen LogP contribution in [0.3, 0.4) is 0 Å². The Bertz CT molecular complexity index is 630. The van der Waals surface area contributed by atoms with E-state index in [1.54, 1.807) is 11.8 Å². The Kier molecular flexibility index (Phi) is 4.27. The number of nitrogens with zero attached hydrogens (tertiary/aromatic N) is 2. The van der Waals surface area contributed by atoms with Crippen LogP contribution < -0.4 is 5.32 Å². The Hall–Kier alpha value is -1.39. The number of aryl methyl sites for hydroxylation is 3. The molecule has 1 aliphatic rings. The van der Waals surface area contributed by atoms with E-state index in [0.29, 0.717) is 0 Å². The summed E-state index contributed by atoms with van der Waals surface area (Å²) in [7, 11) is 0. The molecule has 3 nitrogen and oxygen atoms in total.